The van der Waals surface area contributed by atoms with Gasteiger partial charge in [-0.3, -0.25) is 0 Å². The molecule has 2 fully saturated rings. The quantitative estimate of drug-likeness (QED) is 0.703. The highest BCUT2D eigenvalue weighted by Crippen LogP contribution is 2.26. The van der Waals surface area contributed by atoms with E-state index in [9.17, 15) is 0 Å². The minimum absolute atomic E-state index is 0.122. The Kier molecular flexibility index (Phi) is 5.12. The average Bonchev–Trinajstić information content (AvgIpc) is 3.26. The number of rotatable bonds is 5. The van der Waals surface area contributed by atoms with Crippen LogP contribution in [0.15, 0.2) is 36.8 Å². The normalized spacial score (nSPS) is 22.6. The van der Waals surface area contributed by atoms with Gasteiger partial charge in [-0.1, -0.05) is 6.07 Å². The number of hydrogen-bond acceptors (Lipinski definition) is 8. The Hall–Kier alpha value is -2.94. The molecule has 1 saturated heterocycles. The third-order valence-corrected chi connectivity index (χ3v) is 5.52. The van der Waals surface area contributed by atoms with Crippen LogP contribution in [0.4, 0.5) is 11.6 Å². The summed E-state index contributed by atoms with van der Waals surface area (Å²) < 4.78 is 13.4. The number of nitrogens with one attached hydrogen (secondary N) is 1. The largest absolute Gasteiger partial charge is 0.460 e. The lowest BCUT2D eigenvalue weighted by Crippen LogP contribution is -2.37. The van der Waals surface area contributed by atoms with Crippen LogP contribution in [0.2, 0.25) is 0 Å². The molecule has 9 heteroatoms. The van der Waals surface area contributed by atoms with Crippen molar-refractivity contribution in [1.82, 2.24) is 24.6 Å². The SMILES string of the molecule is c1ccc(N[C@H]2CC[C@@H](Oc3nc(N4CCOCC4)cc4ncnn34)CC2)nc1. The fourth-order valence-corrected chi connectivity index (χ4v) is 3.95. The van der Waals surface area contributed by atoms with Crippen LogP contribution in [-0.4, -0.2) is 63.0 Å². The number of ether oxygens (including phenoxy) is 2. The number of hydrogen-bond donors (Lipinski definition) is 1. The first kappa shape index (κ1) is 18.1. The van der Waals surface area contributed by atoms with E-state index in [0.29, 0.717) is 25.3 Å². The number of morpholine rings is 1. The zero-order valence-corrected chi connectivity index (χ0v) is 16.3. The van der Waals surface area contributed by atoms with Crippen LogP contribution in [0.25, 0.3) is 5.65 Å². The van der Waals surface area contributed by atoms with Crippen molar-refractivity contribution in [1.29, 1.82) is 0 Å². The predicted octanol–water partition coefficient (Wildman–Crippen LogP) is 2.16. The molecule has 9 nitrogen and oxygen atoms in total. The Morgan fingerprint density at radius 1 is 1.07 bits per heavy atom. The molecular formula is C20H25N7O2. The number of anilines is 2. The second-order valence-electron chi connectivity index (χ2n) is 7.48. The molecule has 1 aliphatic carbocycles. The van der Waals surface area contributed by atoms with Gasteiger partial charge in [0, 0.05) is 31.4 Å². The van der Waals surface area contributed by atoms with Crippen LogP contribution in [0, 0.1) is 0 Å². The van der Waals surface area contributed by atoms with E-state index in [2.05, 4.69) is 25.3 Å². The van der Waals surface area contributed by atoms with Gasteiger partial charge in [-0.05, 0) is 37.8 Å². The van der Waals surface area contributed by atoms with Gasteiger partial charge in [0.1, 0.15) is 24.1 Å². The molecule has 2 aliphatic rings. The van der Waals surface area contributed by atoms with E-state index in [1.54, 1.807) is 10.8 Å². The van der Waals surface area contributed by atoms with E-state index in [-0.39, 0.29) is 6.10 Å². The molecule has 5 rings (SSSR count). The fraction of sp³-hybridized carbons (Fsp3) is 0.500. The molecule has 3 aromatic heterocycles. The van der Waals surface area contributed by atoms with E-state index >= 15 is 0 Å². The van der Waals surface area contributed by atoms with E-state index in [4.69, 9.17) is 14.5 Å². The van der Waals surface area contributed by atoms with Crippen LogP contribution in [0.5, 0.6) is 6.01 Å². The maximum Gasteiger partial charge on any atom is 0.321 e. The summed E-state index contributed by atoms with van der Waals surface area (Å²) in [5.41, 5.74) is 0.752. The minimum atomic E-state index is 0.122. The molecule has 0 aromatic carbocycles. The van der Waals surface area contributed by atoms with E-state index in [1.807, 2.05) is 30.5 Å². The van der Waals surface area contributed by atoms with Crippen LogP contribution in [0.1, 0.15) is 25.7 Å². The topological polar surface area (TPSA) is 89.7 Å². The summed E-state index contributed by atoms with van der Waals surface area (Å²) in [6, 6.07) is 8.83. The van der Waals surface area contributed by atoms with E-state index < -0.39 is 0 Å². The van der Waals surface area contributed by atoms with Crippen LogP contribution >= 0.6 is 0 Å². The Labute approximate surface area is 169 Å². The third-order valence-electron chi connectivity index (χ3n) is 5.52. The van der Waals surface area contributed by atoms with Gasteiger partial charge in [-0.25, -0.2) is 9.97 Å². The maximum absolute atomic E-state index is 6.30. The van der Waals surface area contributed by atoms with Crippen molar-refractivity contribution in [2.24, 2.45) is 0 Å². The van der Waals surface area contributed by atoms with Gasteiger partial charge in [0.25, 0.3) is 0 Å². The molecule has 4 heterocycles. The highest BCUT2D eigenvalue weighted by molar-refractivity contribution is 5.52. The Morgan fingerprint density at radius 2 is 1.93 bits per heavy atom. The summed E-state index contributed by atoms with van der Waals surface area (Å²) in [5, 5.41) is 7.81. The van der Waals surface area contributed by atoms with Gasteiger partial charge >= 0.3 is 6.01 Å². The molecule has 3 aromatic rings. The molecule has 0 atom stereocenters. The lowest BCUT2D eigenvalue weighted by atomic mass is 9.93. The van der Waals surface area contributed by atoms with Crippen molar-refractivity contribution in [3.05, 3.63) is 36.8 Å². The van der Waals surface area contributed by atoms with Gasteiger partial charge < -0.3 is 19.7 Å². The predicted molar refractivity (Wildman–Crippen MR) is 108 cm³/mol. The highest BCUT2D eigenvalue weighted by atomic mass is 16.5. The maximum atomic E-state index is 6.30. The van der Waals surface area contributed by atoms with Crippen LogP contribution < -0.4 is 15.0 Å². The molecule has 1 aliphatic heterocycles. The zero-order valence-electron chi connectivity index (χ0n) is 16.3. The van der Waals surface area contributed by atoms with E-state index in [0.717, 1.165) is 56.1 Å². The summed E-state index contributed by atoms with van der Waals surface area (Å²) in [5.74, 6) is 1.80. The van der Waals surface area contributed by atoms with Gasteiger partial charge in [-0.2, -0.15) is 14.6 Å². The average molecular weight is 395 g/mol. The van der Waals surface area contributed by atoms with Crippen molar-refractivity contribution >= 4 is 17.3 Å². The molecular weight excluding hydrogens is 370 g/mol. The van der Waals surface area contributed by atoms with Crippen molar-refractivity contribution < 1.29 is 9.47 Å². The second-order valence-corrected chi connectivity index (χ2v) is 7.48. The molecule has 0 bridgehead atoms. The van der Waals surface area contributed by atoms with Gasteiger partial charge in [0.15, 0.2) is 5.65 Å². The summed E-state index contributed by atoms with van der Waals surface area (Å²) >= 11 is 0. The van der Waals surface area contributed by atoms with Crippen molar-refractivity contribution in [2.75, 3.05) is 36.5 Å². The highest BCUT2D eigenvalue weighted by Gasteiger charge is 2.25. The Balaban J connectivity index is 1.26. The number of pyridine rings is 1. The lowest BCUT2D eigenvalue weighted by molar-refractivity contribution is 0.121. The fourth-order valence-electron chi connectivity index (χ4n) is 3.95. The number of aromatic nitrogens is 5. The molecule has 1 saturated carbocycles. The lowest BCUT2D eigenvalue weighted by Gasteiger charge is -2.30. The standard InChI is InChI=1S/C20H25N7O2/c1-2-8-21-17(3-1)24-15-4-6-16(7-5-15)29-20-25-19(26-9-11-28-12-10-26)13-18-22-14-23-27(18)20/h1-3,8,13-16H,4-7,9-12H2,(H,21,24)/t15-,16+. The first-order valence-corrected chi connectivity index (χ1v) is 10.2. The second kappa shape index (κ2) is 8.20. The van der Waals surface area contributed by atoms with Gasteiger partial charge in [0.05, 0.1) is 13.2 Å². The first-order chi connectivity index (χ1) is 14.3. The van der Waals surface area contributed by atoms with Crippen molar-refractivity contribution in [2.45, 2.75) is 37.8 Å². The molecule has 29 heavy (non-hydrogen) atoms. The van der Waals surface area contributed by atoms with Crippen LogP contribution in [-0.2, 0) is 4.74 Å². The molecule has 152 valence electrons. The number of nitrogens with zero attached hydrogens (tertiary/aromatic N) is 6. The zero-order chi connectivity index (χ0) is 19.5. The van der Waals surface area contributed by atoms with E-state index in [1.165, 1.54) is 0 Å². The molecule has 0 amide bonds. The minimum Gasteiger partial charge on any atom is -0.460 e. The van der Waals surface area contributed by atoms with Gasteiger partial charge in [0.2, 0.25) is 0 Å². The van der Waals surface area contributed by atoms with Crippen molar-refractivity contribution in [3.63, 3.8) is 0 Å². The summed E-state index contributed by atoms with van der Waals surface area (Å²) in [6.07, 6.45) is 7.47. The van der Waals surface area contributed by atoms with Crippen molar-refractivity contribution in [3.8, 4) is 6.01 Å². The summed E-state index contributed by atoms with van der Waals surface area (Å²) in [4.78, 5) is 15.7. The third kappa shape index (κ3) is 4.09. The smallest absolute Gasteiger partial charge is 0.321 e. The Morgan fingerprint density at radius 3 is 2.72 bits per heavy atom. The number of fused-ring (bicyclic) bond motifs is 1. The molecule has 0 unspecified atom stereocenters. The van der Waals surface area contributed by atoms with Gasteiger partial charge in [-0.15, -0.1) is 0 Å². The first-order valence-electron chi connectivity index (χ1n) is 10.2. The molecule has 1 N–H and O–H groups in total. The summed E-state index contributed by atoms with van der Waals surface area (Å²) in [6.45, 7) is 3.06. The summed E-state index contributed by atoms with van der Waals surface area (Å²) in [7, 11) is 0. The Bertz CT molecular complexity index is 934. The monoisotopic (exact) mass is 395 g/mol. The molecule has 0 spiro atoms. The van der Waals surface area contributed by atoms with Crippen LogP contribution in [0.3, 0.4) is 0 Å². The molecule has 0 radical (unpaired) electrons.